The zero-order chi connectivity index (χ0) is 27.0. The molecule has 0 spiro atoms. The standard InChI is InChI=1S/C31H46N2O4/c1-6-9-10-16-24-37-29-27(36-23-17-12-15-20-25-18-13-11-14-19-25)22-21-26(28(29)31(35)32(4)5)30(34)33(7-2)8-3/h11,13-14,18-19,21-22H,6-10,12,15-17,20,23-24H2,1-5H3. The number of ether oxygens (including phenoxy) is 2. The molecule has 0 N–H and O–H groups in total. The SMILES string of the molecule is CCCCCCOc1c(OCCCCCc2ccccc2)ccc(C(=O)N(CC)CC)c1C(=O)N(C)C. The van der Waals surface area contributed by atoms with Gasteiger partial charge in [-0.2, -0.15) is 0 Å². The first-order valence-corrected chi connectivity index (χ1v) is 13.9. The lowest BCUT2D eigenvalue weighted by Crippen LogP contribution is -2.33. The zero-order valence-electron chi connectivity index (χ0n) is 23.6. The van der Waals surface area contributed by atoms with Crippen LogP contribution in [-0.2, 0) is 6.42 Å². The third kappa shape index (κ3) is 9.42. The van der Waals surface area contributed by atoms with Crippen molar-refractivity contribution < 1.29 is 19.1 Å². The quantitative estimate of drug-likeness (QED) is 0.224. The number of benzene rings is 2. The second-order valence-electron chi connectivity index (χ2n) is 9.55. The lowest BCUT2D eigenvalue weighted by Gasteiger charge is -2.24. The Balaban J connectivity index is 2.22. The molecule has 0 heterocycles. The average molecular weight is 511 g/mol. The highest BCUT2D eigenvalue weighted by atomic mass is 16.5. The van der Waals surface area contributed by atoms with E-state index in [1.807, 2.05) is 19.9 Å². The maximum Gasteiger partial charge on any atom is 0.258 e. The Labute approximate surface area is 223 Å². The second kappa shape index (κ2) is 16.7. The molecule has 0 fully saturated rings. The molecule has 0 saturated heterocycles. The van der Waals surface area contributed by atoms with Crippen molar-refractivity contribution in [1.82, 2.24) is 9.80 Å². The highest BCUT2D eigenvalue weighted by Crippen LogP contribution is 2.36. The van der Waals surface area contributed by atoms with Gasteiger partial charge in [0.15, 0.2) is 11.5 Å². The molecular formula is C31H46N2O4. The maximum atomic E-state index is 13.3. The van der Waals surface area contributed by atoms with Gasteiger partial charge in [-0.25, -0.2) is 0 Å². The molecule has 2 aromatic carbocycles. The molecular weight excluding hydrogens is 464 g/mol. The van der Waals surface area contributed by atoms with Crippen molar-refractivity contribution in [3.05, 3.63) is 59.2 Å². The summed E-state index contributed by atoms with van der Waals surface area (Å²) in [6.07, 6.45) is 8.31. The molecule has 0 unspecified atom stereocenters. The molecule has 0 atom stereocenters. The molecule has 0 aliphatic carbocycles. The van der Waals surface area contributed by atoms with Crippen LogP contribution in [0.4, 0.5) is 0 Å². The Kier molecular flexibility index (Phi) is 13.6. The molecule has 6 nitrogen and oxygen atoms in total. The van der Waals surface area contributed by atoms with Crippen LogP contribution in [0.5, 0.6) is 11.5 Å². The van der Waals surface area contributed by atoms with Crippen LogP contribution in [-0.4, -0.2) is 62.0 Å². The van der Waals surface area contributed by atoms with Crippen molar-refractivity contribution in [3.8, 4) is 11.5 Å². The minimum Gasteiger partial charge on any atom is -0.490 e. The van der Waals surface area contributed by atoms with Crippen LogP contribution in [0.2, 0.25) is 0 Å². The molecule has 2 rings (SSSR count). The highest BCUT2D eigenvalue weighted by molar-refractivity contribution is 6.09. The van der Waals surface area contributed by atoms with Gasteiger partial charge in [0.1, 0.15) is 0 Å². The summed E-state index contributed by atoms with van der Waals surface area (Å²) in [5, 5.41) is 0. The normalized spacial score (nSPS) is 10.7. The summed E-state index contributed by atoms with van der Waals surface area (Å²) >= 11 is 0. The van der Waals surface area contributed by atoms with E-state index in [4.69, 9.17) is 9.47 Å². The highest BCUT2D eigenvalue weighted by Gasteiger charge is 2.28. The number of unbranched alkanes of at least 4 members (excludes halogenated alkanes) is 5. The van der Waals surface area contributed by atoms with E-state index in [0.717, 1.165) is 51.4 Å². The van der Waals surface area contributed by atoms with E-state index in [1.54, 1.807) is 31.1 Å². The van der Waals surface area contributed by atoms with E-state index in [0.29, 0.717) is 48.9 Å². The maximum absolute atomic E-state index is 13.3. The van der Waals surface area contributed by atoms with Gasteiger partial charge in [-0.3, -0.25) is 9.59 Å². The van der Waals surface area contributed by atoms with Gasteiger partial charge in [-0.15, -0.1) is 0 Å². The second-order valence-corrected chi connectivity index (χ2v) is 9.55. The number of hydrogen-bond donors (Lipinski definition) is 0. The minimum absolute atomic E-state index is 0.168. The van der Waals surface area contributed by atoms with E-state index in [1.165, 1.54) is 10.5 Å². The molecule has 0 aliphatic rings. The first-order chi connectivity index (χ1) is 17.9. The molecule has 0 aliphatic heterocycles. The number of nitrogens with zero attached hydrogens (tertiary/aromatic N) is 2. The number of carbonyl (C=O) groups is 2. The summed E-state index contributed by atoms with van der Waals surface area (Å²) in [7, 11) is 3.39. The molecule has 2 aromatic rings. The van der Waals surface area contributed by atoms with Crippen LogP contribution < -0.4 is 9.47 Å². The third-order valence-corrected chi connectivity index (χ3v) is 6.48. The van der Waals surface area contributed by atoms with Crippen LogP contribution in [0.15, 0.2) is 42.5 Å². The fourth-order valence-electron chi connectivity index (χ4n) is 4.25. The minimum atomic E-state index is -0.257. The fraction of sp³-hybridized carbons (Fsp3) is 0.548. The van der Waals surface area contributed by atoms with Crippen molar-refractivity contribution in [2.45, 2.75) is 72.1 Å². The van der Waals surface area contributed by atoms with Crippen LogP contribution >= 0.6 is 0 Å². The zero-order valence-corrected chi connectivity index (χ0v) is 23.6. The van der Waals surface area contributed by atoms with E-state index in [-0.39, 0.29) is 11.8 Å². The van der Waals surface area contributed by atoms with Crippen LogP contribution in [0, 0.1) is 0 Å². The van der Waals surface area contributed by atoms with E-state index >= 15 is 0 Å². The smallest absolute Gasteiger partial charge is 0.258 e. The predicted octanol–water partition coefficient (Wildman–Crippen LogP) is 6.62. The van der Waals surface area contributed by atoms with E-state index in [9.17, 15) is 9.59 Å². The Morgan fingerprint density at radius 2 is 1.38 bits per heavy atom. The molecule has 6 heteroatoms. The molecule has 0 aromatic heterocycles. The van der Waals surface area contributed by atoms with Crippen molar-refractivity contribution in [1.29, 1.82) is 0 Å². The van der Waals surface area contributed by atoms with Gasteiger partial charge in [-0.05, 0) is 63.6 Å². The molecule has 37 heavy (non-hydrogen) atoms. The molecule has 0 radical (unpaired) electrons. The number of rotatable bonds is 17. The summed E-state index contributed by atoms with van der Waals surface area (Å²) in [6.45, 7) is 8.19. The molecule has 0 saturated carbocycles. The van der Waals surface area contributed by atoms with E-state index < -0.39 is 0 Å². The Hall–Kier alpha value is -3.02. The van der Waals surface area contributed by atoms with E-state index in [2.05, 4.69) is 31.2 Å². The Morgan fingerprint density at radius 3 is 2.00 bits per heavy atom. The molecule has 2 amide bonds. The predicted molar refractivity (Wildman–Crippen MR) is 151 cm³/mol. The lowest BCUT2D eigenvalue weighted by molar-refractivity contribution is 0.0750. The number of amides is 2. The summed E-state index contributed by atoms with van der Waals surface area (Å²) in [5.41, 5.74) is 2.00. The van der Waals surface area contributed by atoms with Gasteiger partial charge < -0.3 is 19.3 Å². The Morgan fingerprint density at radius 1 is 0.730 bits per heavy atom. The van der Waals surface area contributed by atoms with Gasteiger partial charge in [0.25, 0.3) is 11.8 Å². The number of carbonyl (C=O) groups excluding carboxylic acids is 2. The lowest BCUT2D eigenvalue weighted by atomic mass is 10.0. The Bertz CT molecular complexity index is 955. The van der Waals surface area contributed by atoms with Crippen molar-refractivity contribution in [2.24, 2.45) is 0 Å². The summed E-state index contributed by atoms with van der Waals surface area (Å²) in [6, 6.07) is 14.0. The van der Waals surface area contributed by atoms with Crippen LogP contribution in [0.3, 0.4) is 0 Å². The topological polar surface area (TPSA) is 59.1 Å². The summed E-state index contributed by atoms with van der Waals surface area (Å²) < 4.78 is 12.4. The van der Waals surface area contributed by atoms with Crippen molar-refractivity contribution in [2.75, 3.05) is 40.4 Å². The van der Waals surface area contributed by atoms with Crippen LogP contribution in [0.1, 0.15) is 92.0 Å². The number of aryl methyl sites for hydroxylation is 1. The first-order valence-electron chi connectivity index (χ1n) is 13.9. The summed E-state index contributed by atoms with van der Waals surface area (Å²) in [4.78, 5) is 29.9. The largest absolute Gasteiger partial charge is 0.490 e. The third-order valence-electron chi connectivity index (χ3n) is 6.48. The fourth-order valence-corrected chi connectivity index (χ4v) is 4.25. The monoisotopic (exact) mass is 510 g/mol. The van der Waals surface area contributed by atoms with Crippen molar-refractivity contribution >= 4 is 11.8 Å². The summed E-state index contributed by atoms with van der Waals surface area (Å²) in [5.74, 6) is 0.489. The van der Waals surface area contributed by atoms with Gasteiger partial charge in [-0.1, -0.05) is 56.5 Å². The van der Waals surface area contributed by atoms with Gasteiger partial charge in [0.2, 0.25) is 0 Å². The van der Waals surface area contributed by atoms with Gasteiger partial charge >= 0.3 is 0 Å². The molecule has 204 valence electrons. The number of hydrogen-bond acceptors (Lipinski definition) is 4. The van der Waals surface area contributed by atoms with Gasteiger partial charge in [0, 0.05) is 27.2 Å². The first kappa shape index (κ1) is 30.2. The van der Waals surface area contributed by atoms with Crippen LogP contribution in [0.25, 0.3) is 0 Å². The molecule has 0 bridgehead atoms. The van der Waals surface area contributed by atoms with Crippen molar-refractivity contribution in [3.63, 3.8) is 0 Å². The average Bonchev–Trinajstić information content (AvgIpc) is 2.91. The van der Waals surface area contributed by atoms with Gasteiger partial charge in [0.05, 0.1) is 24.3 Å².